The van der Waals surface area contributed by atoms with E-state index in [2.05, 4.69) is 17.7 Å². The van der Waals surface area contributed by atoms with Gasteiger partial charge in [-0.1, -0.05) is 6.92 Å². The number of hydrogen-bond acceptors (Lipinski definition) is 2. The van der Waals surface area contributed by atoms with Gasteiger partial charge in [0.15, 0.2) is 0 Å². The van der Waals surface area contributed by atoms with E-state index in [0.717, 1.165) is 45.3 Å². The highest BCUT2D eigenvalue weighted by Crippen LogP contribution is 2.26. The summed E-state index contributed by atoms with van der Waals surface area (Å²) in [4.78, 5) is 2.40. The Morgan fingerprint density at radius 2 is 2.21 bits per heavy atom. The molecule has 1 saturated heterocycles. The molecule has 2 heteroatoms. The second kappa shape index (κ2) is 5.38. The van der Waals surface area contributed by atoms with Crippen LogP contribution in [-0.4, -0.2) is 35.2 Å². The number of aliphatic hydroxyl groups is 1. The van der Waals surface area contributed by atoms with E-state index in [9.17, 15) is 5.11 Å². The molecule has 0 bridgehead atoms. The van der Waals surface area contributed by atoms with Crippen LogP contribution in [0.15, 0.2) is 0 Å². The molecule has 1 fully saturated rings. The van der Waals surface area contributed by atoms with E-state index < -0.39 is 5.60 Å². The Hall–Kier alpha value is -0.520. The van der Waals surface area contributed by atoms with Crippen molar-refractivity contribution in [1.82, 2.24) is 4.90 Å². The molecule has 0 amide bonds. The average Bonchev–Trinajstić information content (AvgIpc) is 2.38. The largest absolute Gasteiger partial charge is 0.390 e. The summed E-state index contributed by atoms with van der Waals surface area (Å²) < 4.78 is 0. The average molecular weight is 195 g/mol. The fraction of sp³-hybridized carbons (Fsp3) is 0.833. The lowest BCUT2D eigenvalue weighted by Crippen LogP contribution is -2.31. The van der Waals surface area contributed by atoms with Gasteiger partial charge < -0.3 is 10.0 Å². The van der Waals surface area contributed by atoms with Crippen molar-refractivity contribution in [3.8, 4) is 12.3 Å². The molecule has 0 saturated carbocycles. The zero-order valence-electron chi connectivity index (χ0n) is 9.13. The first-order valence-electron chi connectivity index (χ1n) is 5.58. The van der Waals surface area contributed by atoms with E-state index in [4.69, 9.17) is 6.42 Å². The van der Waals surface area contributed by atoms with Crippen LogP contribution in [0.1, 0.15) is 39.0 Å². The topological polar surface area (TPSA) is 23.5 Å². The minimum absolute atomic E-state index is 0.490. The molecule has 0 spiro atoms. The van der Waals surface area contributed by atoms with Crippen molar-refractivity contribution in [2.45, 2.75) is 44.6 Å². The van der Waals surface area contributed by atoms with E-state index in [1.807, 2.05) is 0 Å². The van der Waals surface area contributed by atoms with E-state index in [-0.39, 0.29) is 0 Å². The Morgan fingerprint density at radius 1 is 1.43 bits per heavy atom. The van der Waals surface area contributed by atoms with Gasteiger partial charge >= 0.3 is 0 Å². The first-order chi connectivity index (χ1) is 6.70. The van der Waals surface area contributed by atoms with Crippen LogP contribution in [0.3, 0.4) is 0 Å². The maximum Gasteiger partial charge on any atom is 0.0669 e. The lowest BCUT2D eigenvalue weighted by atomic mass is 9.90. The van der Waals surface area contributed by atoms with Crippen LogP contribution in [0.2, 0.25) is 0 Å². The van der Waals surface area contributed by atoms with Gasteiger partial charge in [0.25, 0.3) is 0 Å². The van der Waals surface area contributed by atoms with Crippen molar-refractivity contribution in [3.63, 3.8) is 0 Å². The molecule has 80 valence electrons. The number of hydrogen-bond donors (Lipinski definition) is 1. The summed E-state index contributed by atoms with van der Waals surface area (Å²) in [7, 11) is 0. The zero-order valence-corrected chi connectivity index (χ0v) is 9.13. The third-order valence-corrected chi connectivity index (χ3v) is 3.19. The van der Waals surface area contributed by atoms with Crippen LogP contribution in [0, 0.1) is 12.3 Å². The van der Waals surface area contributed by atoms with Crippen LogP contribution in [0.5, 0.6) is 0 Å². The highest BCUT2D eigenvalue weighted by Gasteiger charge is 2.28. The van der Waals surface area contributed by atoms with Crippen LogP contribution in [0.4, 0.5) is 0 Å². The molecule has 1 atom stereocenters. The Morgan fingerprint density at radius 3 is 2.86 bits per heavy atom. The van der Waals surface area contributed by atoms with E-state index in [1.165, 1.54) is 0 Å². The standard InChI is InChI=1S/C12H21NO/c1-3-5-7-12(14)8-6-10-13(4-2)11-9-12/h1,14H,4-11H2,2H3. The van der Waals surface area contributed by atoms with E-state index in [1.54, 1.807) is 0 Å². The van der Waals surface area contributed by atoms with Gasteiger partial charge in [0.05, 0.1) is 5.60 Å². The maximum atomic E-state index is 10.3. The van der Waals surface area contributed by atoms with E-state index in [0.29, 0.717) is 6.42 Å². The Bertz CT molecular complexity index is 209. The molecule has 1 N–H and O–H groups in total. The molecule has 0 aromatic carbocycles. The molecule has 1 aliphatic heterocycles. The minimum Gasteiger partial charge on any atom is -0.390 e. The second-order valence-corrected chi connectivity index (χ2v) is 4.22. The van der Waals surface area contributed by atoms with Gasteiger partial charge in [-0.15, -0.1) is 12.3 Å². The van der Waals surface area contributed by atoms with Gasteiger partial charge in [0.1, 0.15) is 0 Å². The molecule has 2 nitrogen and oxygen atoms in total. The smallest absolute Gasteiger partial charge is 0.0669 e. The Kier molecular flexibility index (Phi) is 4.44. The molecule has 1 heterocycles. The molecule has 1 unspecified atom stereocenters. The summed E-state index contributed by atoms with van der Waals surface area (Å²) in [5, 5.41) is 10.3. The van der Waals surface area contributed by atoms with Gasteiger partial charge in [0, 0.05) is 13.0 Å². The molecule has 14 heavy (non-hydrogen) atoms. The van der Waals surface area contributed by atoms with Crippen LogP contribution in [0.25, 0.3) is 0 Å². The molecule has 1 rings (SSSR count). The number of rotatable bonds is 3. The van der Waals surface area contributed by atoms with Crippen LogP contribution >= 0.6 is 0 Å². The minimum atomic E-state index is -0.490. The summed E-state index contributed by atoms with van der Waals surface area (Å²) in [6, 6.07) is 0. The Balaban J connectivity index is 2.43. The number of nitrogens with zero attached hydrogens (tertiary/aromatic N) is 1. The molecular formula is C12H21NO. The molecule has 0 radical (unpaired) electrons. The molecule has 0 aromatic rings. The quantitative estimate of drug-likeness (QED) is 0.692. The lowest BCUT2D eigenvalue weighted by Gasteiger charge is -2.25. The second-order valence-electron chi connectivity index (χ2n) is 4.22. The predicted molar refractivity (Wildman–Crippen MR) is 59.0 cm³/mol. The molecule has 1 aliphatic rings. The predicted octanol–water partition coefficient (Wildman–Crippen LogP) is 1.64. The van der Waals surface area contributed by atoms with Crippen molar-refractivity contribution >= 4 is 0 Å². The monoisotopic (exact) mass is 195 g/mol. The fourth-order valence-corrected chi connectivity index (χ4v) is 2.11. The van der Waals surface area contributed by atoms with Crippen LogP contribution < -0.4 is 0 Å². The van der Waals surface area contributed by atoms with Gasteiger partial charge in [-0.05, 0) is 38.8 Å². The highest BCUT2D eigenvalue weighted by molar-refractivity contribution is 4.90. The van der Waals surface area contributed by atoms with Gasteiger partial charge in [-0.25, -0.2) is 0 Å². The Labute approximate surface area is 87.3 Å². The third kappa shape index (κ3) is 3.32. The van der Waals surface area contributed by atoms with Crippen molar-refractivity contribution in [2.24, 2.45) is 0 Å². The maximum absolute atomic E-state index is 10.3. The molecule has 0 aliphatic carbocycles. The van der Waals surface area contributed by atoms with Crippen molar-refractivity contribution in [2.75, 3.05) is 19.6 Å². The summed E-state index contributed by atoms with van der Waals surface area (Å²) in [6.45, 7) is 5.39. The SMILES string of the molecule is C#CCCC1(O)CCCN(CC)CC1. The molecule has 0 aromatic heterocycles. The first-order valence-corrected chi connectivity index (χ1v) is 5.58. The van der Waals surface area contributed by atoms with Crippen molar-refractivity contribution < 1.29 is 5.11 Å². The van der Waals surface area contributed by atoms with Gasteiger partial charge in [0.2, 0.25) is 0 Å². The lowest BCUT2D eigenvalue weighted by molar-refractivity contribution is 0.0185. The third-order valence-electron chi connectivity index (χ3n) is 3.19. The van der Waals surface area contributed by atoms with Crippen LogP contribution in [-0.2, 0) is 0 Å². The summed E-state index contributed by atoms with van der Waals surface area (Å²) in [5.74, 6) is 2.61. The molecular weight excluding hydrogens is 174 g/mol. The van der Waals surface area contributed by atoms with E-state index >= 15 is 0 Å². The normalized spacial score (nSPS) is 29.5. The summed E-state index contributed by atoms with van der Waals surface area (Å²) in [6.07, 6.45) is 9.57. The highest BCUT2D eigenvalue weighted by atomic mass is 16.3. The number of likely N-dealkylation sites (tertiary alicyclic amines) is 1. The fourth-order valence-electron chi connectivity index (χ4n) is 2.11. The van der Waals surface area contributed by atoms with Crippen molar-refractivity contribution in [3.05, 3.63) is 0 Å². The van der Waals surface area contributed by atoms with Gasteiger partial charge in [-0.3, -0.25) is 0 Å². The zero-order chi connectivity index (χ0) is 10.4. The summed E-state index contributed by atoms with van der Waals surface area (Å²) >= 11 is 0. The summed E-state index contributed by atoms with van der Waals surface area (Å²) in [5.41, 5.74) is -0.490. The van der Waals surface area contributed by atoms with Crippen molar-refractivity contribution in [1.29, 1.82) is 0 Å². The van der Waals surface area contributed by atoms with Gasteiger partial charge in [-0.2, -0.15) is 0 Å². The number of terminal acetylenes is 1. The first kappa shape index (κ1) is 11.6.